The van der Waals surface area contributed by atoms with Crippen LogP contribution in [0.3, 0.4) is 0 Å². The minimum absolute atomic E-state index is 0.00548. The van der Waals surface area contributed by atoms with Crippen LogP contribution in [-0.2, 0) is 11.3 Å². The van der Waals surface area contributed by atoms with Gasteiger partial charge in [0.25, 0.3) is 5.91 Å². The van der Waals surface area contributed by atoms with Crippen LogP contribution >= 0.6 is 0 Å². The van der Waals surface area contributed by atoms with E-state index in [1.165, 1.54) is 5.56 Å². The molecule has 8 heteroatoms. The first-order chi connectivity index (χ1) is 15.5. The predicted molar refractivity (Wildman–Crippen MR) is 123 cm³/mol. The molecule has 0 unspecified atom stereocenters. The zero-order valence-corrected chi connectivity index (χ0v) is 18.7. The lowest BCUT2D eigenvalue weighted by Gasteiger charge is -2.32. The summed E-state index contributed by atoms with van der Waals surface area (Å²) in [6.45, 7) is 5.22. The average molecular weight is 437 g/mol. The summed E-state index contributed by atoms with van der Waals surface area (Å²) in [5.74, 6) is -0.630. The van der Waals surface area contributed by atoms with E-state index in [-0.39, 0.29) is 30.3 Å². The number of carbonyl (C=O) groups excluding carboxylic acids is 2. The molecule has 1 saturated carbocycles. The van der Waals surface area contributed by atoms with E-state index in [0.29, 0.717) is 5.69 Å². The Labute approximate surface area is 188 Å². The fourth-order valence-electron chi connectivity index (χ4n) is 4.78. The highest BCUT2D eigenvalue weighted by molar-refractivity contribution is 5.98. The van der Waals surface area contributed by atoms with Gasteiger partial charge in [0.1, 0.15) is 12.2 Å². The minimum atomic E-state index is -0.291. The molecule has 8 nitrogen and oxygen atoms in total. The third-order valence-electron chi connectivity index (χ3n) is 6.69. The Hall–Kier alpha value is -2.89. The van der Waals surface area contributed by atoms with Crippen molar-refractivity contribution in [2.45, 2.75) is 38.3 Å². The van der Waals surface area contributed by atoms with Gasteiger partial charge in [0.15, 0.2) is 0 Å². The number of nitrogens with zero attached hydrogens (tertiary/aromatic N) is 3. The monoisotopic (exact) mass is 436 g/mol. The number of likely N-dealkylation sites (N-methyl/N-ethyl adjacent to an activating group) is 1. The Kier molecular flexibility index (Phi) is 7.08. The van der Waals surface area contributed by atoms with Gasteiger partial charge in [0.2, 0.25) is 5.91 Å². The second-order valence-corrected chi connectivity index (χ2v) is 9.03. The molecule has 2 heterocycles. The molecule has 4 rings (SSSR count). The first kappa shape index (κ1) is 22.3. The highest BCUT2D eigenvalue weighted by Crippen LogP contribution is 2.25. The second kappa shape index (κ2) is 10.2. The van der Waals surface area contributed by atoms with E-state index in [1.807, 2.05) is 12.1 Å². The van der Waals surface area contributed by atoms with Crippen LogP contribution in [0.4, 0.5) is 0 Å². The Morgan fingerprint density at radius 1 is 1.16 bits per heavy atom. The number of nitrogens with one attached hydrogen (secondary N) is 3. The molecule has 2 aliphatic rings. The Morgan fingerprint density at radius 3 is 2.72 bits per heavy atom. The van der Waals surface area contributed by atoms with Crippen LogP contribution < -0.4 is 10.6 Å². The first-order valence-electron chi connectivity index (χ1n) is 11.5. The molecule has 3 N–H and O–H groups in total. The Bertz CT molecular complexity index is 1000. The number of H-pyrrole nitrogens is 1. The van der Waals surface area contributed by atoms with E-state index in [1.54, 1.807) is 0 Å². The largest absolute Gasteiger partial charge is 0.351 e. The molecule has 170 valence electrons. The highest BCUT2D eigenvalue weighted by Gasteiger charge is 2.32. The molecule has 1 aromatic carbocycles. The number of hydrogen-bond acceptors (Lipinski definition) is 5. The molecular formula is C24H32N6O2. The normalized spacial score (nSPS) is 22.4. The molecule has 0 radical (unpaired) electrons. The number of amides is 2. The lowest BCUT2D eigenvalue weighted by molar-refractivity contribution is -0.126. The summed E-state index contributed by atoms with van der Waals surface area (Å²) in [6, 6.07) is 9.92. The number of piperazine rings is 1. The van der Waals surface area contributed by atoms with E-state index in [4.69, 9.17) is 5.26 Å². The van der Waals surface area contributed by atoms with Crippen molar-refractivity contribution in [1.82, 2.24) is 25.4 Å². The third kappa shape index (κ3) is 5.29. The molecule has 1 saturated heterocycles. The van der Waals surface area contributed by atoms with Gasteiger partial charge in [-0.15, -0.1) is 0 Å². The average Bonchev–Trinajstić information content (AvgIpc) is 3.23. The molecule has 2 aromatic rings. The van der Waals surface area contributed by atoms with Crippen molar-refractivity contribution in [3.05, 3.63) is 35.5 Å². The Morgan fingerprint density at radius 2 is 1.94 bits per heavy atom. The summed E-state index contributed by atoms with van der Waals surface area (Å²) in [7, 11) is 2.16. The number of rotatable bonds is 6. The number of hydrogen-bond donors (Lipinski definition) is 3. The van der Waals surface area contributed by atoms with Gasteiger partial charge in [-0.1, -0.05) is 25.0 Å². The number of aromatic nitrogens is 1. The zero-order valence-electron chi connectivity index (χ0n) is 18.7. The fraction of sp³-hybridized carbons (Fsp3) is 0.542. The van der Waals surface area contributed by atoms with Gasteiger partial charge in [-0.05, 0) is 37.6 Å². The van der Waals surface area contributed by atoms with Gasteiger partial charge >= 0.3 is 0 Å². The summed E-state index contributed by atoms with van der Waals surface area (Å²) in [5, 5.41) is 15.4. The highest BCUT2D eigenvalue weighted by atomic mass is 16.2. The molecule has 32 heavy (non-hydrogen) atoms. The van der Waals surface area contributed by atoms with E-state index in [9.17, 15) is 9.59 Å². The smallest absolute Gasteiger partial charge is 0.267 e. The van der Waals surface area contributed by atoms with Crippen LogP contribution in [0, 0.1) is 17.2 Å². The van der Waals surface area contributed by atoms with Gasteiger partial charge in [0.05, 0.1) is 12.0 Å². The molecule has 0 spiro atoms. The summed E-state index contributed by atoms with van der Waals surface area (Å²) in [4.78, 5) is 33.4. The van der Waals surface area contributed by atoms with Gasteiger partial charge < -0.3 is 20.5 Å². The molecule has 2 amide bonds. The van der Waals surface area contributed by atoms with E-state index >= 15 is 0 Å². The molecule has 1 aliphatic carbocycles. The van der Waals surface area contributed by atoms with Gasteiger partial charge in [-0.2, -0.15) is 5.26 Å². The standard InChI is InChI=1S/C24H32N6O2/c1-29-10-12-30(13-11-29)16-17-6-7-18-15-22(27-21(18)14-17)24(32)28-20-5-3-2-4-19(20)23(31)26-9-8-25/h6-7,14-15,19-20,27H,2-5,9-13,16H2,1H3,(H,26,31)(H,28,32)/t19-,20+/m1/s1. The van der Waals surface area contributed by atoms with E-state index < -0.39 is 0 Å². The second-order valence-electron chi connectivity index (χ2n) is 9.03. The minimum Gasteiger partial charge on any atom is -0.351 e. The van der Waals surface area contributed by atoms with Crippen LogP contribution in [0.25, 0.3) is 10.9 Å². The SMILES string of the molecule is CN1CCN(Cc2ccc3cc(C(=O)N[C@H]4CCCC[C@H]4C(=O)NCC#N)[nH]c3c2)CC1. The summed E-state index contributed by atoms with van der Waals surface area (Å²) in [5.41, 5.74) is 2.70. The van der Waals surface area contributed by atoms with Crippen LogP contribution in [0.2, 0.25) is 0 Å². The quantitative estimate of drug-likeness (QED) is 0.600. The lowest BCUT2D eigenvalue weighted by Crippen LogP contribution is -2.48. The number of carbonyl (C=O) groups is 2. The van der Waals surface area contributed by atoms with Crippen molar-refractivity contribution in [3.63, 3.8) is 0 Å². The van der Waals surface area contributed by atoms with E-state index in [2.05, 4.69) is 50.7 Å². The van der Waals surface area contributed by atoms with Crippen LogP contribution in [-0.4, -0.2) is 72.4 Å². The van der Waals surface area contributed by atoms with Crippen LogP contribution in [0.1, 0.15) is 41.7 Å². The van der Waals surface area contributed by atoms with Crippen LogP contribution in [0.5, 0.6) is 0 Å². The maximum Gasteiger partial charge on any atom is 0.267 e. The number of benzene rings is 1. The number of nitriles is 1. The maximum atomic E-state index is 13.0. The van der Waals surface area contributed by atoms with Crippen molar-refractivity contribution in [2.75, 3.05) is 39.8 Å². The van der Waals surface area contributed by atoms with Gasteiger partial charge in [-0.3, -0.25) is 14.5 Å². The van der Waals surface area contributed by atoms with Crippen molar-refractivity contribution < 1.29 is 9.59 Å². The fourth-order valence-corrected chi connectivity index (χ4v) is 4.78. The molecule has 1 aromatic heterocycles. The van der Waals surface area contributed by atoms with Crippen molar-refractivity contribution in [2.24, 2.45) is 5.92 Å². The summed E-state index contributed by atoms with van der Waals surface area (Å²) < 4.78 is 0. The molecule has 2 fully saturated rings. The number of aromatic amines is 1. The van der Waals surface area contributed by atoms with E-state index in [0.717, 1.165) is 69.3 Å². The molecule has 1 aliphatic heterocycles. The topological polar surface area (TPSA) is 104 Å². The van der Waals surface area contributed by atoms with Crippen molar-refractivity contribution in [3.8, 4) is 6.07 Å². The van der Waals surface area contributed by atoms with Crippen molar-refractivity contribution >= 4 is 22.7 Å². The zero-order chi connectivity index (χ0) is 22.5. The predicted octanol–water partition coefficient (Wildman–Crippen LogP) is 1.84. The van der Waals surface area contributed by atoms with Crippen molar-refractivity contribution in [1.29, 1.82) is 5.26 Å². The number of fused-ring (bicyclic) bond motifs is 1. The third-order valence-corrected chi connectivity index (χ3v) is 6.69. The molecule has 2 atom stereocenters. The lowest BCUT2D eigenvalue weighted by atomic mass is 9.83. The molecular weight excluding hydrogens is 404 g/mol. The van der Waals surface area contributed by atoms with Gasteiger partial charge in [-0.25, -0.2) is 0 Å². The first-order valence-corrected chi connectivity index (χ1v) is 11.5. The van der Waals surface area contributed by atoms with Gasteiger partial charge in [0, 0.05) is 49.7 Å². The summed E-state index contributed by atoms with van der Waals surface area (Å²) in [6.07, 6.45) is 3.44. The molecule has 0 bridgehead atoms. The summed E-state index contributed by atoms with van der Waals surface area (Å²) >= 11 is 0. The maximum absolute atomic E-state index is 13.0. The Balaban J connectivity index is 1.41. The van der Waals surface area contributed by atoms with Crippen LogP contribution in [0.15, 0.2) is 24.3 Å².